The Labute approximate surface area is 140 Å². The molecule has 1 aliphatic heterocycles. The molecule has 1 aliphatic carbocycles. The first kappa shape index (κ1) is 15.4. The lowest BCUT2D eigenvalue weighted by Gasteiger charge is -2.37. The lowest BCUT2D eigenvalue weighted by atomic mass is 9.77. The molecule has 3 atom stereocenters. The maximum Gasteiger partial charge on any atom is 0.238 e. The molecule has 4 nitrogen and oxygen atoms in total. The Morgan fingerprint density at radius 3 is 2.58 bits per heavy atom. The summed E-state index contributed by atoms with van der Waals surface area (Å²) in [6.45, 7) is 0. The van der Waals surface area contributed by atoms with Gasteiger partial charge in [0.1, 0.15) is 5.82 Å². The first-order chi connectivity index (χ1) is 11.4. The van der Waals surface area contributed by atoms with E-state index in [4.69, 9.17) is 5.14 Å². The zero-order valence-corrected chi connectivity index (χ0v) is 13.6. The molecule has 124 valence electrons. The van der Waals surface area contributed by atoms with E-state index in [0.717, 1.165) is 23.2 Å². The van der Waals surface area contributed by atoms with E-state index in [9.17, 15) is 12.8 Å². The van der Waals surface area contributed by atoms with Gasteiger partial charge in [-0.2, -0.15) is 0 Å². The van der Waals surface area contributed by atoms with Crippen molar-refractivity contribution in [3.05, 3.63) is 71.6 Å². The van der Waals surface area contributed by atoms with Crippen LogP contribution >= 0.6 is 0 Å². The van der Waals surface area contributed by atoms with E-state index < -0.39 is 10.0 Å². The molecular formula is C18H17FN2O2S. The molecule has 2 aromatic carbocycles. The zero-order chi connectivity index (χ0) is 16.9. The zero-order valence-electron chi connectivity index (χ0n) is 12.8. The monoisotopic (exact) mass is 344 g/mol. The Morgan fingerprint density at radius 2 is 1.88 bits per heavy atom. The smallest absolute Gasteiger partial charge is 0.238 e. The van der Waals surface area contributed by atoms with Crippen LogP contribution in [0, 0.1) is 11.7 Å². The molecule has 0 unspecified atom stereocenters. The van der Waals surface area contributed by atoms with Gasteiger partial charge < -0.3 is 5.32 Å². The van der Waals surface area contributed by atoms with Gasteiger partial charge in [-0.05, 0) is 53.8 Å². The van der Waals surface area contributed by atoms with Gasteiger partial charge in [-0.15, -0.1) is 0 Å². The maximum absolute atomic E-state index is 13.2. The Balaban J connectivity index is 1.79. The largest absolute Gasteiger partial charge is 0.378 e. The van der Waals surface area contributed by atoms with Crippen molar-refractivity contribution in [3.63, 3.8) is 0 Å². The third-order valence-electron chi connectivity index (χ3n) is 4.89. The predicted octanol–water partition coefficient (Wildman–Crippen LogP) is 3.30. The van der Waals surface area contributed by atoms with Crippen molar-refractivity contribution in [2.24, 2.45) is 11.1 Å². The SMILES string of the molecule is NS(=O)(=O)c1ccc2c(c1)[C@@H]1C=CC[C@@H]1[C@@H](c1ccc(F)cc1)N2. The third-order valence-corrected chi connectivity index (χ3v) is 5.80. The first-order valence-electron chi connectivity index (χ1n) is 7.79. The molecule has 2 aromatic rings. The highest BCUT2D eigenvalue weighted by molar-refractivity contribution is 7.89. The number of fused-ring (bicyclic) bond motifs is 3. The van der Waals surface area contributed by atoms with Crippen molar-refractivity contribution < 1.29 is 12.8 Å². The number of sulfonamides is 1. The number of nitrogens with one attached hydrogen (secondary N) is 1. The Morgan fingerprint density at radius 1 is 1.12 bits per heavy atom. The van der Waals surface area contributed by atoms with Crippen LogP contribution in [0.3, 0.4) is 0 Å². The van der Waals surface area contributed by atoms with Crippen LogP contribution in [0.25, 0.3) is 0 Å². The second kappa shape index (κ2) is 5.43. The molecular weight excluding hydrogens is 327 g/mol. The van der Waals surface area contributed by atoms with E-state index >= 15 is 0 Å². The van der Waals surface area contributed by atoms with E-state index in [-0.39, 0.29) is 28.6 Å². The minimum absolute atomic E-state index is 0.0541. The number of anilines is 1. The lowest BCUT2D eigenvalue weighted by Crippen LogP contribution is -2.29. The summed E-state index contributed by atoms with van der Waals surface area (Å²) in [6, 6.07) is 11.5. The van der Waals surface area contributed by atoms with Crippen molar-refractivity contribution >= 4 is 15.7 Å². The third kappa shape index (κ3) is 2.52. The number of halogens is 1. The molecule has 1 heterocycles. The van der Waals surface area contributed by atoms with Crippen LogP contribution in [-0.2, 0) is 10.0 Å². The standard InChI is InChI=1S/C18H17FN2O2S/c19-12-6-4-11(5-7-12)18-15-3-1-2-14(15)16-10-13(24(20,22)23)8-9-17(16)21-18/h1-2,4-10,14-15,18,21H,3H2,(H2,20,22,23)/t14-,15+,18-/m1/s1. The van der Waals surface area contributed by atoms with E-state index in [1.807, 2.05) is 0 Å². The molecule has 0 aromatic heterocycles. The molecule has 0 radical (unpaired) electrons. The number of allylic oxidation sites excluding steroid dienone is 2. The quantitative estimate of drug-likeness (QED) is 0.821. The highest BCUT2D eigenvalue weighted by Crippen LogP contribution is 2.50. The number of hydrogen-bond donors (Lipinski definition) is 2. The average molecular weight is 344 g/mol. The molecule has 2 aliphatic rings. The second-order valence-electron chi connectivity index (χ2n) is 6.32. The summed E-state index contributed by atoms with van der Waals surface area (Å²) in [5, 5.41) is 8.74. The summed E-state index contributed by atoms with van der Waals surface area (Å²) in [4.78, 5) is 0.127. The van der Waals surface area contributed by atoms with Gasteiger partial charge in [0, 0.05) is 11.6 Å². The Hall–Kier alpha value is -2.18. The van der Waals surface area contributed by atoms with Crippen LogP contribution in [0.1, 0.15) is 29.5 Å². The fraction of sp³-hybridized carbons (Fsp3) is 0.222. The van der Waals surface area contributed by atoms with Crippen LogP contribution in [0.5, 0.6) is 0 Å². The van der Waals surface area contributed by atoms with Crippen LogP contribution in [0.15, 0.2) is 59.5 Å². The summed E-state index contributed by atoms with van der Waals surface area (Å²) in [6.07, 6.45) is 5.12. The van der Waals surface area contributed by atoms with E-state index in [0.29, 0.717) is 0 Å². The van der Waals surface area contributed by atoms with Crippen LogP contribution < -0.4 is 10.5 Å². The van der Waals surface area contributed by atoms with E-state index in [1.54, 1.807) is 24.3 Å². The minimum Gasteiger partial charge on any atom is -0.378 e. The lowest BCUT2D eigenvalue weighted by molar-refractivity contribution is 0.424. The Kier molecular flexibility index (Phi) is 3.47. The van der Waals surface area contributed by atoms with E-state index in [2.05, 4.69) is 17.5 Å². The van der Waals surface area contributed by atoms with Gasteiger partial charge in [0.15, 0.2) is 0 Å². The summed E-state index contributed by atoms with van der Waals surface area (Å²) in [5.74, 6) is 0.130. The van der Waals surface area contributed by atoms with Crippen molar-refractivity contribution in [2.45, 2.75) is 23.3 Å². The fourth-order valence-corrected chi connectivity index (χ4v) is 4.30. The summed E-state index contributed by atoms with van der Waals surface area (Å²) < 4.78 is 36.5. The van der Waals surface area contributed by atoms with Crippen LogP contribution in [0.4, 0.5) is 10.1 Å². The molecule has 0 spiro atoms. The predicted molar refractivity (Wildman–Crippen MR) is 90.6 cm³/mol. The first-order valence-corrected chi connectivity index (χ1v) is 9.33. The summed E-state index contributed by atoms with van der Waals surface area (Å²) in [7, 11) is -3.73. The highest BCUT2D eigenvalue weighted by atomic mass is 32.2. The van der Waals surface area contributed by atoms with Gasteiger partial charge >= 0.3 is 0 Å². The van der Waals surface area contributed by atoms with Gasteiger partial charge in [0.25, 0.3) is 0 Å². The van der Waals surface area contributed by atoms with Gasteiger partial charge in [-0.25, -0.2) is 17.9 Å². The van der Waals surface area contributed by atoms with E-state index in [1.165, 1.54) is 18.2 Å². The van der Waals surface area contributed by atoms with Crippen molar-refractivity contribution in [3.8, 4) is 0 Å². The molecule has 0 bridgehead atoms. The molecule has 24 heavy (non-hydrogen) atoms. The summed E-state index contributed by atoms with van der Waals surface area (Å²) >= 11 is 0. The second-order valence-corrected chi connectivity index (χ2v) is 7.88. The number of rotatable bonds is 2. The number of primary sulfonamides is 1. The minimum atomic E-state index is -3.73. The number of benzene rings is 2. The average Bonchev–Trinajstić information content (AvgIpc) is 3.03. The normalized spacial score (nSPS) is 25.0. The molecule has 0 fully saturated rings. The number of hydrogen-bond acceptors (Lipinski definition) is 3. The molecule has 3 N–H and O–H groups in total. The molecule has 4 rings (SSSR count). The maximum atomic E-state index is 13.2. The Bertz CT molecular complexity index is 923. The molecule has 0 saturated carbocycles. The summed E-state index contributed by atoms with van der Waals surface area (Å²) in [5.41, 5.74) is 2.86. The topological polar surface area (TPSA) is 72.2 Å². The molecule has 0 amide bonds. The van der Waals surface area contributed by atoms with Gasteiger partial charge in [-0.1, -0.05) is 24.3 Å². The molecule has 6 heteroatoms. The molecule has 0 saturated heterocycles. The fourth-order valence-electron chi connectivity index (χ4n) is 3.75. The van der Waals surface area contributed by atoms with Gasteiger partial charge in [0.2, 0.25) is 10.0 Å². The number of nitrogens with two attached hydrogens (primary N) is 1. The van der Waals surface area contributed by atoms with Crippen LogP contribution in [0.2, 0.25) is 0 Å². The van der Waals surface area contributed by atoms with Crippen LogP contribution in [-0.4, -0.2) is 8.42 Å². The highest BCUT2D eigenvalue weighted by Gasteiger charge is 2.38. The van der Waals surface area contributed by atoms with Gasteiger partial charge in [0.05, 0.1) is 10.9 Å². The van der Waals surface area contributed by atoms with Gasteiger partial charge in [-0.3, -0.25) is 0 Å². The van der Waals surface area contributed by atoms with Crippen molar-refractivity contribution in [1.82, 2.24) is 0 Å². The van der Waals surface area contributed by atoms with Crippen molar-refractivity contribution in [2.75, 3.05) is 5.32 Å². The van der Waals surface area contributed by atoms with Crippen molar-refractivity contribution in [1.29, 1.82) is 0 Å².